The van der Waals surface area contributed by atoms with Crippen LogP contribution in [0, 0.1) is 12.8 Å². The highest BCUT2D eigenvalue weighted by molar-refractivity contribution is 5.80. The quantitative estimate of drug-likeness (QED) is 0.102. The van der Waals surface area contributed by atoms with Crippen LogP contribution in [0.3, 0.4) is 0 Å². The highest BCUT2D eigenvalue weighted by Gasteiger charge is 2.46. The number of phenolic OH excluding ortho intramolecular Hbond substituents is 1. The van der Waals surface area contributed by atoms with Crippen LogP contribution in [-0.2, 0) is 27.4 Å². The Balaban J connectivity index is 1.40. The molecule has 3 heterocycles. The maximum atomic E-state index is 12.7. The van der Waals surface area contributed by atoms with Crippen molar-refractivity contribution in [3.63, 3.8) is 0 Å². The van der Waals surface area contributed by atoms with Crippen LogP contribution in [-0.4, -0.2) is 91.9 Å². The van der Waals surface area contributed by atoms with E-state index in [9.17, 15) is 40.2 Å². The number of aromatic hydroxyl groups is 1. The number of hydrogen-bond donors (Lipinski definition) is 7. The molecule has 0 spiro atoms. The lowest BCUT2D eigenvalue weighted by Crippen LogP contribution is -2.58. The van der Waals surface area contributed by atoms with E-state index in [4.69, 9.17) is 18.9 Å². The van der Waals surface area contributed by atoms with E-state index in [1.807, 2.05) is 6.92 Å². The molecule has 3 aromatic rings. The highest BCUT2D eigenvalue weighted by atomic mass is 17.2. The number of aliphatic hydroxyl groups is 5. The fraction of sp³-hybridized carbons (Fsp3) is 0.515. The number of hydrogen-bond acceptors (Lipinski definition) is 12. The van der Waals surface area contributed by atoms with Crippen molar-refractivity contribution in [1.29, 1.82) is 0 Å². The molecule has 1 fully saturated rings. The molecule has 2 aromatic carbocycles. The van der Waals surface area contributed by atoms with E-state index in [0.29, 0.717) is 59.4 Å². The number of benzene rings is 2. The summed E-state index contributed by atoms with van der Waals surface area (Å²) >= 11 is 0. The molecule has 250 valence electrons. The Labute approximate surface area is 264 Å². The van der Waals surface area contributed by atoms with Crippen molar-refractivity contribution in [2.24, 2.45) is 5.92 Å². The SMILES string of the molecule is Cc1cc(=O)c2cc3c(cc2o1)OC(C)(CCC1CNC(=O)C1)C(OOCC(O)(Cc1ccc(O)cc1)C(O)C(O)C(O)CO)C3. The highest BCUT2D eigenvalue weighted by Crippen LogP contribution is 2.40. The van der Waals surface area contributed by atoms with Gasteiger partial charge in [-0.05, 0) is 61.9 Å². The van der Waals surface area contributed by atoms with Crippen molar-refractivity contribution < 1.29 is 54.4 Å². The minimum Gasteiger partial charge on any atom is -0.508 e. The number of ether oxygens (including phenoxy) is 1. The molecule has 2 aliphatic heterocycles. The molecule has 13 nitrogen and oxygen atoms in total. The van der Waals surface area contributed by atoms with Crippen LogP contribution in [0.2, 0.25) is 0 Å². The minimum absolute atomic E-state index is 0.0153. The smallest absolute Gasteiger partial charge is 0.220 e. The van der Waals surface area contributed by atoms with Gasteiger partial charge in [-0.25, -0.2) is 9.78 Å². The lowest BCUT2D eigenvalue weighted by atomic mass is 9.83. The first-order chi connectivity index (χ1) is 21.8. The van der Waals surface area contributed by atoms with E-state index in [1.54, 1.807) is 19.1 Å². The second-order valence-corrected chi connectivity index (χ2v) is 12.7. The van der Waals surface area contributed by atoms with E-state index in [-0.39, 0.29) is 35.8 Å². The Hall–Kier alpha value is -3.56. The number of aliphatic hydroxyl groups excluding tert-OH is 4. The first-order valence-electron chi connectivity index (χ1n) is 15.3. The van der Waals surface area contributed by atoms with Gasteiger partial charge in [0.2, 0.25) is 5.91 Å². The molecule has 46 heavy (non-hydrogen) atoms. The Morgan fingerprint density at radius 1 is 1.11 bits per heavy atom. The molecule has 13 heteroatoms. The number of carbonyl (C=O) groups excluding carboxylic acids is 1. The van der Waals surface area contributed by atoms with E-state index in [1.165, 1.54) is 30.3 Å². The molecule has 2 aliphatic rings. The molecule has 1 aromatic heterocycles. The first kappa shape index (κ1) is 33.8. The number of nitrogens with one attached hydrogen (secondary N) is 1. The third kappa shape index (κ3) is 7.36. The van der Waals surface area contributed by atoms with Crippen molar-refractivity contribution in [2.45, 2.75) is 81.6 Å². The summed E-state index contributed by atoms with van der Waals surface area (Å²) in [6.07, 6.45) is -5.02. The molecular weight excluding hydrogens is 602 g/mol. The molecule has 7 unspecified atom stereocenters. The van der Waals surface area contributed by atoms with Crippen LogP contribution >= 0.6 is 0 Å². The zero-order valence-corrected chi connectivity index (χ0v) is 25.7. The third-order valence-electron chi connectivity index (χ3n) is 8.97. The van der Waals surface area contributed by atoms with Gasteiger partial charge in [0, 0.05) is 37.9 Å². The van der Waals surface area contributed by atoms with Crippen LogP contribution in [0.4, 0.5) is 0 Å². The predicted molar refractivity (Wildman–Crippen MR) is 163 cm³/mol. The molecule has 0 radical (unpaired) electrons. The Morgan fingerprint density at radius 2 is 1.85 bits per heavy atom. The van der Waals surface area contributed by atoms with Gasteiger partial charge in [0.1, 0.15) is 65.1 Å². The summed E-state index contributed by atoms with van der Waals surface area (Å²) in [6.45, 7) is 2.53. The van der Waals surface area contributed by atoms with Crippen molar-refractivity contribution in [2.75, 3.05) is 19.8 Å². The van der Waals surface area contributed by atoms with E-state index in [2.05, 4.69) is 5.32 Å². The van der Waals surface area contributed by atoms with Crippen LogP contribution in [0.1, 0.15) is 43.1 Å². The first-order valence-corrected chi connectivity index (χ1v) is 15.3. The van der Waals surface area contributed by atoms with Gasteiger partial charge in [0.05, 0.1) is 12.0 Å². The average molecular weight is 644 g/mol. The van der Waals surface area contributed by atoms with E-state index < -0.39 is 48.8 Å². The third-order valence-corrected chi connectivity index (χ3v) is 8.97. The molecule has 7 atom stereocenters. The largest absolute Gasteiger partial charge is 0.508 e. The fourth-order valence-electron chi connectivity index (χ4n) is 6.11. The van der Waals surface area contributed by atoms with Gasteiger partial charge in [0.15, 0.2) is 5.43 Å². The monoisotopic (exact) mass is 643 g/mol. The van der Waals surface area contributed by atoms with Crippen molar-refractivity contribution >= 4 is 16.9 Å². The Bertz CT molecular complexity index is 1590. The Morgan fingerprint density at radius 3 is 2.52 bits per heavy atom. The van der Waals surface area contributed by atoms with E-state index in [0.717, 1.165) is 0 Å². The lowest BCUT2D eigenvalue weighted by molar-refractivity contribution is -0.371. The molecule has 0 bridgehead atoms. The van der Waals surface area contributed by atoms with Crippen molar-refractivity contribution in [3.8, 4) is 11.5 Å². The number of fused-ring (bicyclic) bond motifs is 2. The molecule has 7 N–H and O–H groups in total. The Kier molecular flexibility index (Phi) is 10.0. The number of amides is 1. The minimum atomic E-state index is -2.22. The molecule has 1 amide bonds. The van der Waals surface area contributed by atoms with Gasteiger partial charge in [-0.1, -0.05) is 12.1 Å². The van der Waals surface area contributed by atoms with Crippen LogP contribution in [0.15, 0.2) is 51.7 Å². The van der Waals surface area contributed by atoms with Crippen LogP contribution in [0.25, 0.3) is 11.0 Å². The van der Waals surface area contributed by atoms with Crippen LogP contribution in [0.5, 0.6) is 11.5 Å². The van der Waals surface area contributed by atoms with Gasteiger partial charge in [0.25, 0.3) is 0 Å². The van der Waals surface area contributed by atoms with Crippen molar-refractivity contribution in [3.05, 3.63) is 69.6 Å². The molecule has 1 saturated heterocycles. The van der Waals surface area contributed by atoms with Gasteiger partial charge >= 0.3 is 0 Å². The number of rotatable bonds is 13. The summed E-state index contributed by atoms with van der Waals surface area (Å²) in [5.74, 6) is 1.03. The molecule has 5 rings (SSSR count). The summed E-state index contributed by atoms with van der Waals surface area (Å²) in [5.41, 5.74) is -1.93. The normalized spacial score (nSPS) is 24.5. The summed E-state index contributed by atoms with van der Waals surface area (Å²) in [5, 5.41) is 65.2. The average Bonchev–Trinajstić information content (AvgIpc) is 3.44. The van der Waals surface area contributed by atoms with E-state index >= 15 is 0 Å². The van der Waals surface area contributed by atoms with Crippen LogP contribution < -0.4 is 15.5 Å². The maximum absolute atomic E-state index is 12.7. The molecular formula is C33H41NO12. The van der Waals surface area contributed by atoms with Gasteiger partial charge in [-0.2, -0.15) is 0 Å². The molecule has 0 saturated carbocycles. The second kappa shape index (κ2) is 13.7. The zero-order valence-electron chi connectivity index (χ0n) is 25.7. The van der Waals surface area contributed by atoms with Gasteiger partial charge < -0.3 is 45.1 Å². The second-order valence-electron chi connectivity index (χ2n) is 12.7. The maximum Gasteiger partial charge on any atom is 0.220 e. The van der Waals surface area contributed by atoms with Crippen molar-refractivity contribution in [1.82, 2.24) is 5.32 Å². The predicted octanol–water partition coefficient (Wildman–Crippen LogP) is 0.783. The summed E-state index contributed by atoms with van der Waals surface area (Å²) in [7, 11) is 0. The van der Waals surface area contributed by atoms with Gasteiger partial charge in [-0.3, -0.25) is 9.59 Å². The van der Waals surface area contributed by atoms with Gasteiger partial charge in [-0.15, -0.1) is 0 Å². The lowest BCUT2D eigenvalue weighted by Gasteiger charge is -2.42. The standard InChI is InChI=1S/C33H41NO12/c1-18-9-24(37)23-11-21-12-28(32(2,45-26(21)13-27(23)44-18)8-7-20-10-29(39)34-15-20)46-43-17-33(42,31(41)30(40)25(38)16-35)14-19-3-5-22(36)6-4-19/h3-6,9,11,13,20,25,28,30-31,35-36,38,40-42H,7-8,10,12,14-17H2,1-2H3,(H,34,39). The number of phenols is 1. The molecule has 0 aliphatic carbocycles. The fourth-order valence-corrected chi connectivity index (χ4v) is 6.11. The zero-order chi connectivity index (χ0) is 33.2. The number of aryl methyl sites for hydroxylation is 1. The summed E-state index contributed by atoms with van der Waals surface area (Å²) in [4.78, 5) is 36.0. The summed E-state index contributed by atoms with van der Waals surface area (Å²) < 4.78 is 12.3. The topological polar surface area (TPSA) is 208 Å². The number of carbonyl (C=O) groups is 1. The summed E-state index contributed by atoms with van der Waals surface area (Å²) in [6, 6.07) is 10.6.